The summed E-state index contributed by atoms with van der Waals surface area (Å²) >= 11 is 0. The normalized spacial score (nSPS) is 11.7. The van der Waals surface area contributed by atoms with Crippen molar-refractivity contribution in [3.63, 3.8) is 0 Å². The largest absolute Gasteiger partial charge is 0.481 e. The molecule has 0 radical (unpaired) electrons. The van der Waals surface area contributed by atoms with E-state index in [1.54, 1.807) is 0 Å². The molecule has 0 spiro atoms. The molecule has 372 valence electrons. The third-order valence-electron chi connectivity index (χ3n) is 8.00. The van der Waals surface area contributed by atoms with Crippen LogP contribution in [0.15, 0.2) is 0 Å². The van der Waals surface area contributed by atoms with E-state index in [2.05, 4.69) is 0 Å². The molecule has 0 aromatic heterocycles. The molecule has 0 rings (SSSR count). The summed E-state index contributed by atoms with van der Waals surface area (Å²) in [5, 5.41) is 26.8. The predicted octanol–water partition coefficient (Wildman–Crippen LogP) is 1.02. The maximum Gasteiger partial charge on any atom is 0.305 e. The Bertz CT molecular complexity index is 997. The summed E-state index contributed by atoms with van der Waals surface area (Å²) in [5.41, 5.74) is -1.10. The summed E-state index contributed by atoms with van der Waals surface area (Å²) < 4.78 is 81.9. The minimum Gasteiger partial charge on any atom is -0.481 e. The zero-order chi connectivity index (χ0) is 46.2. The van der Waals surface area contributed by atoms with Crippen LogP contribution in [0.25, 0.3) is 0 Å². The Morgan fingerprint density at radius 3 is 0.730 bits per heavy atom. The topological polar surface area (TPSA) is 267 Å². The molecule has 0 aliphatic rings. The molecule has 0 atom stereocenters. The number of carbonyl (C=O) groups excluding carboxylic acids is 1. The van der Waals surface area contributed by atoms with Gasteiger partial charge in [-0.3, -0.25) is 19.2 Å². The quantitative estimate of drug-likeness (QED) is 0.0719. The van der Waals surface area contributed by atoms with Gasteiger partial charge in [0.1, 0.15) is 5.78 Å². The van der Waals surface area contributed by atoms with Gasteiger partial charge in [0.15, 0.2) is 0 Å². The van der Waals surface area contributed by atoms with Crippen molar-refractivity contribution in [2.24, 2.45) is 5.41 Å². The summed E-state index contributed by atoms with van der Waals surface area (Å²) in [6.45, 7) is 11.9. The highest BCUT2D eigenvalue weighted by molar-refractivity contribution is 5.79. The van der Waals surface area contributed by atoms with Gasteiger partial charge in [-0.25, -0.2) is 0 Å². The molecular weight excluding hydrogens is 844 g/mol. The fourth-order valence-electron chi connectivity index (χ4n) is 4.88. The second-order valence-corrected chi connectivity index (χ2v) is 13.5. The molecule has 0 saturated heterocycles. The van der Waals surface area contributed by atoms with Gasteiger partial charge in [-0.2, -0.15) is 0 Å². The Labute approximate surface area is 371 Å². The van der Waals surface area contributed by atoms with Gasteiger partial charge in [0, 0.05) is 24.9 Å². The van der Waals surface area contributed by atoms with Crippen LogP contribution in [0.3, 0.4) is 0 Å². The Kier molecular flexibility index (Phi) is 45.5. The Morgan fingerprint density at radius 2 is 0.508 bits per heavy atom. The zero-order valence-corrected chi connectivity index (χ0v) is 37.3. The van der Waals surface area contributed by atoms with E-state index >= 15 is 0 Å². The number of carboxylic acid groups (broad SMARTS) is 3. The molecule has 0 aromatic rings. The Hall–Kier alpha value is -2.52. The molecule has 0 amide bonds. The van der Waals surface area contributed by atoms with Crippen molar-refractivity contribution in [2.75, 3.05) is 198 Å². The van der Waals surface area contributed by atoms with Crippen molar-refractivity contribution >= 4 is 23.7 Å². The minimum absolute atomic E-state index is 0.0419. The van der Waals surface area contributed by atoms with E-state index in [1.807, 2.05) is 6.92 Å². The number of rotatable bonds is 54. The highest BCUT2D eigenvalue weighted by atomic mass is 16.6. The van der Waals surface area contributed by atoms with E-state index in [0.29, 0.717) is 139 Å². The fourth-order valence-corrected chi connectivity index (χ4v) is 4.88. The molecule has 0 fully saturated rings. The standard InChI is InChI=1S/C41H76O22/c1-2-49-11-12-51-15-16-53-19-20-55-23-24-57-27-28-59-31-32-60-30-29-58-26-25-56-22-21-54-18-17-52-14-13-50-7-3-37(42)33-41(34-61-8-4-38(43)44,35-62-9-5-39(45)46)36-63-10-6-40(47)48/h2-36H2,1H3,(H,43,44)(H,45,46)(H,47,48). The van der Waals surface area contributed by atoms with Gasteiger partial charge in [-0.05, 0) is 6.92 Å². The van der Waals surface area contributed by atoms with E-state index < -0.39 is 23.3 Å². The predicted molar refractivity (Wildman–Crippen MR) is 221 cm³/mol. The van der Waals surface area contributed by atoms with Crippen LogP contribution in [0.2, 0.25) is 0 Å². The number of carboxylic acids is 3. The van der Waals surface area contributed by atoms with Gasteiger partial charge < -0.3 is 86.4 Å². The van der Waals surface area contributed by atoms with Gasteiger partial charge in [0.25, 0.3) is 0 Å². The van der Waals surface area contributed by atoms with E-state index in [-0.39, 0.29) is 97.3 Å². The van der Waals surface area contributed by atoms with Crippen molar-refractivity contribution in [3.05, 3.63) is 0 Å². The lowest BCUT2D eigenvalue weighted by Gasteiger charge is -2.32. The number of aliphatic carboxylic acids is 3. The van der Waals surface area contributed by atoms with E-state index in [9.17, 15) is 19.2 Å². The average molecular weight is 921 g/mol. The number of carbonyl (C=O) groups is 4. The van der Waals surface area contributed by atoms with Crippen LogP contribution in [-0.2, 0) is 90.2 Å². The number of Topliss-reactive ketones (excluding diaryl/α,β-unsaturated/α-hetero) is 1. The molecule has 63 heavy (non-hydrogen) atoms. The highest BCUT2D eigenvalue weighted by Gasteiger charge is 2.34. The lowest BCUT2D eigenvalue weighted by atomic mass is 9.84. The Balaban J connectivity index is 3.74. The summed E-state index contributed by atoms with van der Waals surface area (Å²) in [6, 6.07) is 0. The van der Waals surface area contributed by atoms with E-state index in [4.69, 9.17) is 86.4 Å². The smallest absolute Gasteiger partial charge is 0.305 e. The first-order valence-corrected chi connectivity index (χ1v) is 21.5. The van der Waals surface area contributed by atoms with Gasteiger partial charge in [-0.15, -0.1) is 0 Å². The molecule has 0 aliphatic carbocycles. The molecule has 0 unspecified atom stereocenters. The first-order chi connectivity index (χ1) is 30.7. The number of ether oxygens (including phenoxy) is 15. The molecule has 0 aliphatic heterocycles. The van der Waals surface area contributed by atoms with Crippen LogP contribution in [0.1, 0.15) is 39.0 Å². The maximum atomic E-state index is 12.9. The van der Waals surface area contributed by atoms with Crippen LogP contribution in [0.4, 0.5) is 0 Å². The first-order valence-electron chi connectivity index (χ1n) is 21.5. The number of hydrogen-bond acceptors (Lipinski definition) is 19. The lowest BCUT2D eigenvalue weighted by Crippen LogP contribution is -2.40. The van der Waals surface area contributed by atoms with E-state index in [0.717, 1.165) is 0 Å². The first kappa shape index (κ1) is 60.5. The maximum absolute atomic E-state index is 12.9. The molecule has 3 N–H and O–H groups in total. The second kappa shape index (κ2) is 47.4. The zero-order valence-electron chi connectivity index (χ0n) is 37.3. The molecular formula is C41H76O22. The van der Waals surface area contributed by atoms with Crippen LogP contribution in [-0.4, -0.2) is 237 Å². The monoisotopic (exact) mass is 920 g/mol. The third-order valence-corrected chi connectivity index (χ3v) is 8.00. The van der Waals surface area contributed by atoms with Crippen molar-refractivity contribution < 1.29 is 106 Å². The van der Waals surface area contributed by atoms with Gasteiger partial charge in [0.05, 0.1) is 211 Å². The molecule has 0 bridgehead atoms. The highest BCUT2D eigenvalue weighted by Crippen LogP contribution is 2.26. The van der Waals surface area contributed by atoms with Gasteiger partial charge in [0.2, 0.25) is 0 Å². The second-order valence-electron chi connectivity index (χ2n) is 13.5. The molecule has 0 aromatic carbocycles. The number of ketones is 1. The summed E-state index contributed by atoms with van der Waals surface area (Å²) in [6.07, 6.45) is -0.869. The fraction of sp³-hybridized carbons (Fsp3) is 0.902. The van der Waals surface area contributed by atoms with Crippen molar-refractivity contribution in [2.45, 2.75) is 39.0 Å². The summed E-state index contributed by atoms with van der Waals surface area (Å²) in [5.74, 6) is -3.42. The van der Waals surface area contributed by atoms with E-state index in [1.165, 1.54) is 0 Å². The Morgan fingerprint density at radius 1 is 0.302 bits per heavy atom. The SMILES string of the molecule is CCOCCOCCOCCOCCOCCOCCOCCOCCOCCOCCOCCOCCC(=O)CC(COCCC(=O)O)(COCCC(=O)O)COCCC(=O)O. The lowest BCUT2D eigenvalue weighted by molar-refractivity contribution is -0.142. The molecule has 0 heterocycles. The van der Waals surface area contributed by atoms with Crippen LogP contribution in [0.5, 0.6) is 0 Å². The summed E-state index contributed by atoms with van der Waals surface area (Å²) in [4.78, 5) is 45.7. The van der Waals surface area contributed by atoms with Crippen molar-refractivity contribution in [1.29, 1.82) is 0 Å². The average Bonchev–Trinajstić information content (AvgIpc) is 3.25. The minimum atomic E-state index is -1.10. The van der Waals surface area contributed by atoms with Crippen LogP contribution < -0.4 is 0 Å². The van der Waals surface area contributed by atoms with Crippen molar-refractivity contribution in [1.82, 2.24) is 0 Å². The van der Waals surface area contributed by atoms with Crippen LogP contribution in [0, 0.1) is 5.41 Å². The molecule has 22 nitrogen and oxygen atoms in total. The molecule has 22 heteroatoms. The van der Waals surface area contributed by atoms with Gasteiger partial charge in [-0.1, -0.05) is 0 Å². The summed E-state index contributed by atoms with van der Waals surface area (Å²) in [7, 11) is 0. The number of hydrogen-bond donors (Lipinski definition) is 3. The third kappa shape index (κ3) is 47.3. The van der Waals surface area contributed by atoms with Gasteiger partial charge >= 0.3 is 17.9 Å². The molecule has 0 saturated carbocycles. The van der Waals surface area contributed by atoms with Crippen molar-refractivity contribution in [3.8, 4) is 0 Å². The van der Waals surface area contributed by atoms with Crippen LogP contribution >= 0.6 is 0 Å².